The topological polar surface area (TPSA) is 83.3 Å². The maximum atomic E-state index is 13.2. The fraction of sp³-hybridized carbons (Fsp3) is 0.524. The Hall–Kier alpha value is -2.74. The standard InChI is InChI=1S/C21H26N2O6/c1-25-17-11-19(27-3)18(26-2)10-14(17)21(24)23-7-4-16-15(12-23)22-20(29-16)13-5-8-28-9-6-13/h10-11,13H,4-9,12H2,1-3H3. The molecular weight excluding hydrogens is 376 g/mol. The average molecular weight is 402 g/mol. The van der Waals surface area contributed by atoms with Gasteiger partial charge in [0, 0.05) is 44.2 Å². The lowest BCUT2D eigenvalue weighted by Gasteiger charge is -2.26. The third-order valence-electron chi connectivity index (χ3n) is 5.54. The zero-order valence-corrected chi connectivity index (χ0v) is 17.0. The van der Waals surface area contributed by atoms with Crippen molar-refractivity contribution in [3.05, 3.63) is 35.0 Å². The summed E-state index contributed by atoms with van der Waals surface area (Å²) in [7, 11) is 4.62. The summed E-state index contributed by atoms with van der Waals surface area (Å²) >= 11 is 0. The smallest absolute Gasteiger partial charge is 0.258 e. The maximum Gasteiger partial charge on any atom is 0.258 e. The molecule has 0 N–H and O–H groups in total. The van der Waals surface area contributed by atoms with Gasteiger partial charge in [0.15, 0.2) is 17.4 Å². The normalized spacial score (nSPS) is 17.0. The molecule has 0 atom stereocenters. The number of oxazole rings is 1. The van der Waals surface area contributed by atoms with E-state index in [1.807, 2.05) is 0 Å². The molecule has 1 aromatic heterocycles. The van der Waals surface area contributed by atoms with Crippen molar-refractivity contribution in [3.8, 4) is 17.2 Å². The highest BCUT2D eigenvalue weighted by atomic mass is 16.5. The van der Waals surface area contributed by atoms with Crippen molar-refractivity contribution in [1.82, 2.24) is 9.88 Å². The molecule has 2 aromatic rings. The third-order valence-corrected chi connectivity index (χ3v) is 5.54. The molecule has 0 unspecified atom stereocenters. The number of rotatable bonds is 5. The number of hydrogen-bond acceptors (Lipinski definition) is 7. The molecule has 8 heteroatoms. The maximum absolute atomic E-state index is 13.2. The molecule has 0 saturated carbocycles. The van der Waals surface area contributed by atoms with Crippen LogP contribution in [0.1, 0.15) is 46.5 Å². The number of hydrogen-bond donors (Lipinski definition) is 0. The Labute approximate surface area is 169 Å². The minimum Gasteiger partial charge on any atom is -0.496 e. The molecule has 0 spiro atoms. The van der Waals surface area contributed by atoms with Gasteiger partial charge in [0.05, 0.1) is 33.4 Å². The first kappa shape index (κ1) is 19.6. The summed E-state index contributed by atoms with van der Waals surface area (Å²) in [4.78, 5) is 19.7. The van der Waals surface area contributed by atoms with Crippen LogP contribution in [0.25, 0.3) is 0 Å². The molecule has 156 valence electrons. The fourth-order valence-corrected chi connectivity index (χ4v) is 3.88. The second kappa shape index (κ2) is 8.32. The number of aromatic nitrogens is 1. The Morgan fingerprint density at radius 3 is 2.45 bits per heavy atom. The Kier molecular flexibility index (Phi) is 5.62. The minimum absolute atomic E-state index is 0.135. The van der Waals surface area contributed by atoms with Gasteiger partial charge in [0.25, 0.3) is 5.91 Å². The Balaban J connectivity index is 1.56. The van der Waals surface area contributed by atoms with Crippen LogP contribution in [0.15, 0.2) is 16.5 Å². The van der Waals surface area contributed by atoms with Crippen LogP contribution in [0.2, 0.25) is 0 Å². The van der Waals surface area contributed by atoms with Crippen LogP contribution >= 0.6 is 0 Å². The van der Waals surface area contributed by atoms with Gasteiger partial charge in [-0.3, -0.25) is 4.79 Å². The van der Waals surface area contributed by atoms with E-state index in [1.165, 1.54) is 7.11 Å². The molecule has 1 aromatic carbocycles. The average Bonchev–Trinajstić information content (AvgIpc) is 3.21. The van der Waals surface area contributed by atoms with Crippen LogP contribution in [0.5, 0.6) is 17.2 Å². The first-order valence-electron chi connectivity index (χ1n) is 9.80. The number of methoxy groups -OCH3 is 3. The zero-order chi connectivity index (χ0) is 20.4. The van der Waals surface area contributed by atoms with E-state index in [-0.39, 0.29) is 5.91 Å². The van der Waals surface area contributed by atoms with Gasteiger partial charge >= 0.3 is 0 Å². The molecule has 2 aliphatic heterocycles. The van der Waals surface area contributed by atoms with Crippen LogP contribution in [-0.2, 0) is 17.7 Å². The molecule has 3 heterocycles. The van der Waals surface area contributed by atoms with E-state index in [4.69, 9.17) is 28.3 Å². The van der Waals surface area contributed by atoms with Crippen LogP contribution in [0, 0.1) is 0 Å². The van der Waals surface area contributed by atoms with Gasteiger partial charge in [0.1, 0.15) is 17.2 Å². The highest BCUT2D eigenvalue weighted by molar-refractivity contribution is 5.98. The molecule has 1 amide bonds. The molecule has 2 aliphatic rings. The Bertz CT molecular complexity index is 888. The van der Waals surface area contributed by atoms with Crippen LogP contribution < -0.4 is 14.2 Å². The minimum atomic E-state index is -0.135. The van der Waals surface area contributed by atoms with E-state index < -0.39 is 0 Å². The summed E-state index contributed by atoms with van der Waals surface area (Å²) in [5.41, 5.74) is 1.27. The monoisotopic (exact) mass is 402 g/mol. The van der Waals surface area contributed by atoms with Gasteiger partial charge in [-0.1, -0.05) is 0 Å². The highest BCUT2D eigenvalue weighted by Gasteiger charge is 2.30. The molecule has 0 aliphatic carbocycles. The van der Waals surface area contributed by atoms with Gasteiger partial charge in [-0.2, -0.15) is 0 Å². The van der Waals surface area contributed by atoms with Gasteiger partial charge in [0.2, 0.25) is 0 Å². The summed E-state index contributed by atoms with van der Waals surface area (Å²) in [6.07, 6.45) is 2.49. The Morgan fingerprint density at radius 2 is 1.76 bits per heavy atom. The molecule has 1 saturated heterocycles. The van der Waals surface area contributed by atoms with E-state index in [1.54, 1.807) is 31.3 Å². The first-order valence-corrected chi connectivity index (χ1v) is 9.80. The molecule has 8 nitrogen and oxygen atoms in total. The van der Waals surface area contributed by atoms with Crippen LogP contribution in [0.4, 0.5) is 0 Å². The van der Waals surface area contributed by atoms with Crippen LogP contribution in [-0.4, -0.2) is 56.9 Å². The highest BCUT2D eigenvalue weighted by Crippen LogP contribution is 2.36. The van der Waals surface area contributed by atoms with Crippen molar-refractivity contribution in [1.29, 1.82) is 0 Å². The molecule has 29 heavy (non-hydrogen) atoms. The van der Waals surface area contributed by atoms with E-state index in [0.717, 1.165) is 43.4 Å². The van der Waals surface area contributed by atoms with Crippen molar-refractivity contribution in [3.63, 3.8) is 0 Å². The molecule has 0 bridgehead atoms. The molecule has 1 fully saturated rings. The summed E-state index contributed by atoms with van der Waals surface area (Å²) in [5, 5.41) is 0. The van der Waals surface area contributed by atoms with E-state index in [0.29, 0.717) is 48.2 Å². The van der Waals surface area contributed by atoms with Crippen molar-refractivity contribution in [2.75, 3.05) is 41.1 Å². The number of amides is 1. The zero-order valence-electron chi connectivity index (χ0n) is 17.0. The van der Waals surface area contributed by atoms with E-state index in [2.05, 4.69) is 0 Å². The lowest BCUT2D eigenvalue weighted by atomic mass is 10.0. The number of carbonyl (C=O) groups is 1. The first-order chi connectivity index (χ1) is 14.1. The predicted molar refractivity (Wildman–Crippen MR) is 104 cm³/mol. The van der Waals surface area contributed by atoms with E-state index >= 15 is 0 Å². The summed E-state index contributed by atoms with van der Waals surface area (Å²) in [6.45, 7) is 2.45. The fourth-order valence-electron chi connectivity index (χ4n) is 3.88. The molecule has 4 rings (SSSR count). The van der Waals surface area contributed by atoms with E-state index in [9.17, 15) is 4.79 Å². The van der Waals surface area contributed by atoms with Gasteiger partial charge in [-0.15, -0.1) is 0 Å². The second-order valence-corrected chi connectivity index (χ2v) is 7.19. The number of nitrogens with zero attached hydrogens (tertiary/aromatic N) is 2. The Morgan fingerprint density at radius 1 is 1.07 bits per heavy atom. The van der Waals surface area contributed by atoms with Crippen molar-refractivity contribution >= 4 is 5.91 Å². The number of benzene rings is 1. The SMILES string of the molecule is COc1cc(OC)c(C(=O)N2CCc3oc(C4CCOCC4)nc3C2)cc1OC. The van der Waals surface area contributed by atoms with Gasteiger partial charge < -0.3 is 28.3 Å². The lowest BCUT2D eigenvalue weighted by molar-refractivity contribution is 0.0722. The van der Waals surface area contributed by atoms with Crippen LogP contribution in [0.3, 0.4) is 0 Å². The number of fused-ring (bicyclic) bond motifs is 1. The van der Waals surface area contributed by atoms with Gasteiger partial charge in [-0.05, 0) is 12.8 Å². The molecular formula is C21H26N2O6. The molecule has 0 radical (unpaired) electrons. The predicted octanol–water partition coefficient (Wildman–Crippen LogP) is 2.79. The lowest BCUT2D eigenvalue weighted by Crippen LogP contribution is -2.36. The number of carbonyl (C=O) groups excluding carboxylic acids is 1. The third kappa shape index (κ3) is 3.76. The van der Waals surface area contributed by atoms with Crippen molar-refractivity contribution in [2.24, 2.45) is 0 Å². The largest absolute Gasteiger partial charge is 0.496 e. The number of ether oxygens (including phenoxy) is 4. The van der Waals surface area contributed by atoms with Crippen molar-refractivity contribution < 1.29 is 28.2 Å². The summed E-state index contributed by atoms with van der Waals surface area (Å²) in [6, 6.07) is 3.33. The quantitative estimate of drug-likeness (QED) is 0.760. The second-order valence-electron chi connectivity index (χ2n) is 7.19. The summed E-state index contributed by atoms with van der Waals surface area (Å²) < 4.78 is 27.5. The van der Waals surface area contributed by atoms with Gasteiger partial charge in [-0.25, -0.2) is 4.98 Å². The summed E-state index contributed by atoms with van der Waals surface area (Å²) in [5.74, 6) is 3.26. The van der Waals surface area contributed by atoms with Crippen molar-refractivity contribution in [2.45, 2.75) is 31.7 Å².